The molecule has 1 heterocycles. The molecule has 1 aromatic heterocycles. The number of nitrogen functional groups attached to an aromatic ring is 1. The summed E-state index contributed by atoms with van der Waals surface area (Å²) >= 11 is 5.87. The molecule has 0 aliphatic heterocycles. The Balaban J connectivity index is 0.00000242. The molecular weight excluding hydrogens is 325 g/mol. The number of hydrogen-bond donors (Lipinski definition) is 1. The van der Waals surface area contributed by atoms with Crippen molar-refractivity contribution in [1.29, 1.82) is 0 Å². The van der Waals surface area contributed by atoms with Crippen LogP contribution in [0.5, 0.6) is 5.75 Å². The van der Waals surface area contributed by atoms with Crippen molar-refractivity contribution < 1.29 is 9.53 Å². The lowest BCUT2D eigenvalue weighted by Crippen LogP contribution is -2.31. The molecule has 0 aliphatic carbocycles. The van der Waals surface area contributed by atoms with E-state index < -0.39 is 0 Å². The number of halogens is 2. The maximum absolute atomic E-state index is 12.2. The maximum Gasteiger partial charge on any atom is 0.257 e. The fraction of sp³-hybridized carbons (Fsp3) is 0.200. The van der Waals surface area contributed by atoms with Crippen LogP contribution in [-0.4, -0.2) is 36.0 Å². The number of rotatable bonds is 5. The molecule has 0 aliphatic rings. The van der Waals surface area contributed by atoms with E-state index in [9.17, 15) is 4.79 Å². The number of aromatic nitrogens is 1. The Hall–Kier alpha value is -1.98. The van der Waals surface area contributed by atoms with Gasteiger partial charge in [-0.2, -0.15) is 0 Å². The van der Waals surface area contributed by atoms with Gasteiger partial charge in [-0.05, 0) is 24.3 Å². The van der Waals surface area contributed by atoms with Crippen LogP contribution in [0.4, 0.5) is 5.69 Å². The number of carbonyl (C=O) groups excluding carboxylic acids is 1. The minimum atomic E-state index is -0.185. The molecule has 1 amide bonds. The van der Waals surface area contributed by atoms with Gasteiger partial charge in [0.1, 0.15) is 12.4 Å². The van der Waals surface area contributed by atoms with E-state index in [2.05, 4.69) is 4.98 Å². The van der Waals surface area contributed by atoms with Gasteiger partial charge in [0.25, 0.3) is 5.91 Å². The SMILES string of the molecule is CN(CCOc1cccc(Cl)c1)C(=O)c1cnccc1N.Cl. The molecule has 0 atom stereocenters. The van der Waals surface area contributed by atoms with Gasteiger partial charge in [-0.25, -0.2) is 0 Å². The molecule has 0 fully saturated rings. The van der Waals surface area contributed by atoms with Crippen LogP contribution in [-0.2, 0) is 0 Å². The number of benzene rings is 1. The molecule has 0 unspecified atom stereocenters. The van der Waals surface area contributed by atoms with E-state index in [1.165, 1.54) is 11.1 Å². The third-order valence-corrected chi connectivity index (χ3v) is 3.16. The number of amides is 1. The van der Waals surface area contributed by atoms with E-state index in [4.69, 9.17) is 22.1 Å². The summed E-state index contributed by atoms with van der Waals surface area (Å²) in [6.45, 7) is 0.794. The summed E-state index contributed by atoms with van der Waals surface area (Å²) in [7, 11) is 1.69. The van der Waals surface area contributed by atoms with E-state index >= 15 is 0 Å². The second kappa shape index (κ2) is 8.46. The smallest absolute Gasteiger partial charge is 0.257 e. The summed E-state index contributed by atoms with van der Waals surface area (Å²) in [5, 5.41) is 0.611. The highest BCUT2D eigenvalue weighted by atomic mass is 35.5. The van der Waals surface area contributed by atoms with Gasteiger partial charge < -0.3 is 15.4 Å². The number of nitrogens with zero attached hydrogens (tertiary/aromatic N) is 2. The van der Waals surface area contributed by atoms with Crippen molar-refractivity contribution in [2.45, 2.75) is 0 Å². The van der Waals surface area contributed by atoms with Gasteiger partial charge in [-0.3, -0.25) is 9.78 Å². The Morgan fingerprint density at radius 1 is 1.41 bits per heavy atom. The van der Waals surface area contributed by atoms with Crippen molar-refractivity contribution in [3.8, 4) is 5.75 Å². The van der Waals surface area contributed by atoms with Crippen LogP contribution >= 0.6 is 24.0 Å². The molecule has 2 aromatic rings. The molecule has 0 bridgehead atoms. The lowest BCUT2D eigenvalue weighted by Gasteiger charge is -2.18. The van der Waals surface area contributed by atoms with E-state index in [1.807, 2.05) is 12.1 Å². The van der Waals surface area contributed by atoms with Gasteiger partial charge in [0.15, 0.2) is 0 Å². The molecule has 0 spiro atoms. The molecule has 0 radical (unpaired) electrons. The normalized spacial score (nSPS) is 9.73. The molecule has 2 N–H and O–H groups in total. The molecule has 118 valence electrons. The number of nitrogens with two attached hydrogens (primary N) is 1. The number of pyridine rings is 1. The van der Waals surface area contributed by atoms with E-state index in [0.717, 1.165) is 0 Å². The summed E-state index contributed by atoms with van der Waals surface area (Å²) < 4.78 is 5.55. The van der Waals surface area contributed by atoms with Crippen LogP contribution in [0.15, 0.2) is 42.7 Å². The van der Waals surface area contributed by atoms with Gasteiger partial charge in [0.05, 0.1) is 12.1 Å². The predicted octanol–water partition coefficient (Wildman–Crippen LogP) is 2.89. The van der Waals surface area contributed by atoms with Crippen LogP contribution in [0.25, 0.3) is 0 Å². The summed E-state index contributed by atoms with van der Waals surface area (Å²) in [6.07, 6.45) is 3.01. The first-order valence-corrected chi connectivity index (χ1v) is 6.79. The van der Waals surface area contributed by atoms with Crippen molar-refractivity contribution in [3.63, 3.8) is 0 Å². The van der Waals surface area contributed by atoms with Crippen molar-refractivity contribution in [1.82, 2.24) is 9.88 Å². The zero-order valence-corrected chi connectivity index (χ0v) is 13.6. The second-order valence-electron chi connectivity index (χ2n) is 4.50. The molecule has 1 aromatic carbocycles. The highest BCUT2D eigenvalue weighted by Gasteiger charge is 2.14. The third-order valence-electron chi connectivity index (χ3n) is 2.92. The quantitative estimate of drug-likeness (QED) is 0.907. The first-order chi connectivity index (χ1) is 10.1. The lowest BCUT2D eigenvalue weighted by atomic mass is 10.2. The molecule has 22 heavy (non-hydrogen) atoms. The molecule has 0 saturated carbocycles. The van der Waals surface area contributed by atoms with E-state index in [-0.39, 0.29) is 18.3 Å². The van der Waals surface area contributed by atoms with Crippen molar-refractivity contribution in [2.75, 3.05) is 25.9 Å². The first kappa shape index (κ1) is 18.1. The monoisotopic (exact) mass is 341 g/mol. The fourth-order valence-electron chi connectivity index (χ4n) is 1.75. The van der Waals surface area contributed by atoms with Gasteiger partial charge >= 0.3 is 0 Å². The van der Waals surface area contributed by atoms with Crippen molar-refractivity contribution in [2.24, 2.45) is 0 Å². The summed E-state index contributed by atoms with van der Waals surface area (Å²) in [5.41, 5.74) is 6.57. The topological polar surface area (TPSA) is 68.5 Å². The zero-order chi connectivity index (χ0) is 15.2. The number of hydrogen-bond acceptors (Lipinski definition) is 4. The first-order valence-electron chi connectivity index (χ1n) is 6.41. The highest BCUT2D eigenvalue weighted by molar-refractivity contribution is 6.30. The minimum Gasteiger partial charge on any atom is -0.492 e. The average Bonchev–Trinajstić information content (AvgIpc) is 2.47. The van der Waals surface area contributed by atoms with Gasteiger partial charge in [-0.1, -0.05) is 17.7 Å². The minimum absolute atomic E-state index is 0. The van der Waals surface area contributed by atoms with Gasteiger partial charge in [0.2, 0.25) is 0 Å². The van der Waals surface area contributed by atoms with Crippen LogP contribution in [0.3, 0.4) is 0 Å². The largest absolute Gasteiger partial charge is 0.492 e. The van der Waals surface area contributed by atoms with Gasteiger partial charge in [-0.15, -0.1) is 12.4 Å². The second-order valence-corrected chi connectivity index (χ2v) is 4.93. The van der Waals surface area contributed by atoms with Crippen molar-refractivity contribution in [3.05, 3.63) is 53.3 Å². The summed E-state index contributed by atoms with van der Waals surface area (Å²) in [5.74, 6) is 0.486. The molecule has 0 saturated heterocycles. The molecule has 2 rings (SSSR count). The Morgan fingerprint density at radius 3 is 2.86 bits per heavy atom. The highest BCUT2D eigenvalue weighted by Crippen LogP contribution is 2.17. The number of likely N-dealkylation sites (N-methyl/N-ethyl adjacent to an activating group) is 1. The summed E-state index contributed by atoms with van der Waals surface area (Å²) in [4.78, 5) is 17.6. The Labute approximate surface area is 140 Å². The van der Waals surface area contributed by atoms with Crippen molar-refractivity contribution >= 4 is 35.6 Å². The lowest BCUT2D eigenvalue weighted by molar-refractivity contribution is 0.0774. The number of ether oxygens (including phenoxy) is 1. The fourth-order valence-corrected chi connectivity index (χ4v) is 1.93. The Kier molecular flexibility index (Phi) is 6.95. The zero-order valence-electron chi connectivity index (χ0n) is 12.0. The predicted molar refractivity (Wildman–Crippen MR) is 89.8 cm³/mol. The van der Waals surface area contributed by atoms with Crippen LogP contribution < -0.4 is 10.5 Å². The van der Waals surface area contributed by atoms with Crippen LogP contribution in [0.1, 0.15) is 10.4 Å². The molecular formula is C15H17Cl2N3O2. The van der Waals surface area contributed by atoms with Crippen LogP contribution in [0.2, 0.25) is 5.02 Å². The molecule has 7 heteroatoms. The molecule has 5 nitrogen and oxygen atoms in total. The maximum atomic E-state index is 12.2. The standard InChI is InChI=1S/C15H16ClN3O2.ClH/c1-19(15(20)13-10-18-6-5-14(13)17)7-8-21-12-4-2-3-11(16)9-12;/h2-6,9-10H,7-8H2,1H3,(H2,17,18);1H. The average molecular weight is 342 g/mol. The number of anilines is 1. The Bertz CT molecular complexity index is 638. The van der Waals surface area contributed by atoms with E-state index in [1.54, 1.807) is 31.4 Å². The third kappa shape index (κ3) is 4.79. The number of carbonyl (C=O) groups is 1. The van der Waals surface area contributed by atoms with E-state index in [0.29, 0.717) is 35.2 Å². The van der Waals surface area contributed by atoms with Crippen LogP contribution in [0, 0.1) is 0 Å². The Morgan fingerprint density at radius 2 is 2.18 bits per heavy atom. The summed E-state index contributed by atoms with van der Waals surface area (Å²) in [6, 6.07) is 8.72. The van der Waals surface area contributed by atoms with Gasteiger partial charge in [0, 0.05) is 30.2 Å².